The van der Waals surface area contributed by atoms with Gasteiger partial charge in [0.05, 0.1) is 0 Å². The molecular weight excluding hydrogens is 328 g/mol. The van der Waals surface area contributed by atoms with Crippen molar-refractivity contribution in [2.45, 2.75) is 31.8 Å². The molecule has 3 fully saturated rings. The molecule has 2 bridgehead atoms. The second-order valence-electron chi connectivity index (χ2n) is 7.23. The van der Waals surface area contributed by atoms with Gasteiger partial charge in [0, 0.05) is 17.6 Å². The van der Waals surface area contributed by atoms with Crippen molar-refractivity contribution in [3.63, 3.8) is 0 Å². The summed E-state index contributed by atoms with van der Waals surface area (Å²) in [6, 6.07) is 14.4. The Morgan fingerprint density at radius 2 is 1.62 bits per heavy atom. The summed E-state index contributed by atoms with van der Waals surface area (Å²) < 4.78 is 5.73. The minimum Gasteiger partial charge on any atom is -0.508 e. The molecule has 1 amide bonds. The predicted octanol–water partition coefficient (Wildman–Crippen LogP) is 3.40. The lowest BCUT2D eigenvalue weighted by molar-refractivity contribution is 0.0217. The lowest BCUT2D eigenvalue weighted by Crippen LogP contribution is -2.62. The number of fused-ring (bicyclic) bond motifs is 3. The molecule has 0 unspecified atom stereocenters. The third-order valence-electron chi connectivity index (χ3n) is 5.66. The van der Waals surface area contributed by atoms with E-state index >= 15 is 0 Å². The van der Waals surface area contributed by atoms with Gasteiger partial charge in [0.15, 0.2) is 0 Å². The molecular formula is C21H24N2O3. The van der Waals surface area contributed by atoms with E-state index in [0.29, 0.717) is 29.0 Å². The molecule has 136 valence electrons. The van der Waals surface area contributed by atoms with Crippen LogP contribution in [0.2, 0.25) is 0 Å². The van der Waals surface area contributed by atoms with Crippen LogP contribution in [0.15, 0.2) is 48.5 Å². The molecule has 26 heavy (non-hydrogen) atoms. The highest BCUT2D eigenvalue weighted by Crippen LogP contribution is 2.32. The van der Waals surface area contributed by atoms with Crippen molar-refractivity contribution in [1.82, 2.24) is 10.2 Å². The lowest BCUT2D eigenvalue weighted by Gasteiger charge is -2.49. The quantitative estimate of drug-likeness (QED) is 0.885. The van der Waals surface area contributed by atoms with Crippen LogP contribution >= 0.6 is 0 Å². The third kappa shape index (κ3) is 3.40. The lowest BCUT2D eigenvalue weighted by atomic mass is 9.79. The number of hydrogen-bond donors (Lipinski definition) is 2. The zero-order valence-corrected chi connectivity index (χ0v) is 14.9. The SMILES string of the molecule is C[C@H]1[C@H](NC(=O)c2ccc(Oc3ccc(O)cc3)cc2)C2CCN1CC2. The van der Waals surface area contributed by atoms with Gasteiger partial charge in [-0.15, -0.1) is 0 Å². The average molecular weight is 352 g/mol. The van der Waals surface area contributed by atoms with Gasteiger partial charge >= 0.3 is 0 Å². The van der Waals surface area contributed by atoms with Gasteiger partial charge in [0.25, 0.3) is 5.91 Å². The van der Waals surface area contributed by atoms with Gasteiger partial charge in [0.1, 0.15) is 17.2 Å². The molecule has 0 radical (unpaired) electrons. The van der Waals surface area contributed by atoms with Crippen LogP contribution in [0.4, 0.5) is 0 Å². The number of rotatable bonds is 4. The largest absolute Gasteiger partial charge is 0.508 e. The fourth-order valence-electron chi connectivity index (χ4n) is 4.10. The van der Waals surface area contributed by atoms with Crippen LogP contribution in [0.5, 0.6) is 17.2 Å². The summed E-state index contributed by atoms with van der Waals surface area (Å²) in [6.45, 7) is 4.52. The van der Waals surface area contributed by atoms with E-state index in [9.17, 15) is 9.90 Å². The number of phenolic OH excluding ortho intramolecular Hbond substituents is 1. The predicted molar refractivity (Wildman–Crippen MR) is 99.6 cm³/mol. The number of nitrogens with one attached hydrogen (secondary N) is 1. The molecule has 2 atom stereocenters. The molecule has 0 aliphatic carbocycles. The molecule has 0 saturated carbocycles. The van der Waals surface area contributed by atoms with Crippen molar-refractivity contribution >= 4 is 5.91 Å². The van der Waals surface area contributed by atoms with Gasteiger partial charge in [-0.3, -0.25) is 9.69 Å². The fourth-order valence-corrected chi connectivity index (χ4v) is 4.10. The van der Waals surface area contributed by atoms with Crippen molar-refractivity contribution < 1.29 is 14.6 Å². The van der Waals surface area contributed by atoms with Gasteiger partial charge in [-0.25, -0.2) is 0 Å². The Morgan fingerprint density at radius 1 is 1.04 bits per heavy atom. The highest BCUT2D eigenvalue weighted by molar-refractivity contribution is 5.94. The molecule has 2 aromatic rings. The minimum absolute atomic E-state index is 0.0215. The number of ether oxygens (including phenoxy) is 1. The summed E-state index contributed by atoms with van der Waals surface area (Å²) in [4.78, 5) is 15.1. The van der Waals surface area contributed by atoms with Crippen LogP contribution in [0.3, 0.4) is 0 Å². The molecule has 5 heteroatoms. The molecule has 2 aromatic carbocycles. The Kier molecular flexibility index (Phi) is 4.55. The Hall–Kier alpha value is -2.53. The first-order chi connectivity index (χ1) is 12.6. The summed E-state index contributed by atoms with van der Waals surface area (Å²) in [5.74, 6) is 2.07. The number of carbonyl (C=O) groups excluding carboxylic acids is 1. The molecule has 0 spiro atoms. The topological polar surface area (TPSA) is 61.8 Å². The third-order valence-corrected chi connectivity index (χ3v) is 5.66. The number of nitrogens with zero attached hydrogens (tertiary/aromatic N) is 1. The summed E-state index contributed by atoms with van der Waals surface area (Å²) in [7, 11) is 0. The minimum atomic E-state index is -0.0215. The van der Waals surface area contributed by atoms with Crippen LogP contribution in [0, 0.1) is 5.92 Å². The van der Waals surface area contributed by atoms with Crippen LogP contribution in [-0.4, -0.2) is 41.1 Å². The maximum atomic E-state index is 12.6. The smallest absolute Gasteiger partial charge is 0.251 e. The van der Waals surface area contributed by atoms with Crippen molar-refractivity contribution in [1.29, 1.82) is 0 Å². The molecule has 0 aromatic heterocycles. The second kappa shape index (κ2) is 7.00. The first-order valence-corrected chi connectivity index (χ1v) is 9.22. The molecule has 2 N–H and O–H groups in total. The molecule has 3 aliphatic heterocycles. The number of carbonyl (C=O) groups is 1. The van der Waals surface area contributed by atoms with Gasteiger partial charge in [-0.2, -0.15) is 0 Å². The Bertz CT molecular complexity index is 763. The van der Waals surface area contributed by atoms with E-state index in [2.05, 4.69) is 17.1 Å². The van der Waals surface area contributed by atoms with Gasteiger partial charge in [0.2, 0.25) is 0 Å². The summed E-state index contributed by atoms with van der Waals surface area (Å²) in [5, 5.41) is 12.6. The number of aromatic hydroxyl groups is 1. The van der Waals surface area contributed by atoms with E-state index in [1.165, 1.54) is 12.8 Å². The van der Waals surface area contributed by atoms with Crippen molar-refractivity contribution in [2.75, 3.05) is 13.1 Å². The van der Waals surface area contributed by atoms with Crippen molar-refractivity contribution in [2.24, 2.45) is 5.92 Å². The number of benzene rings is 2. The Morgan fingerprint density at radius 3 is 2.19 bits per heavy atom. The zero-order chi connectivity index (χ0) is 18.1. The number of amides is 1. The van der Waals surface area contributed by atoms with E-state index in [1.54, 1.807) is 48.5 Å². The average Bonchev–Trinajstić information content (AvgIpc) is 2.67. The highest BCUT2D eigenvalue weighted by atomic mass is 16.5. The maximum absolute atomic E-state index is 12.6. The summed E-state index contributed by atoms with van der Waals surface area (Å²) in [5.41, 5.74) is 0.645. The standard InChI is InChI=1S/C21H24N2O3/c1-14-20(15-10-12-23(14)13-11-15)22-21(25)16-2-6-18(7-3-16)26-19-8-4-17(24)5-9-19/h2-9,14-15,20,24H,10-13H2,1H3,(H,22,25)/t14-,20-/m0/s1. The van der Waals surface area contributed by atoms with E-state index < -0.39 is 0 Å². The summed E-state index contributed by atoms with van der Waals surface area (Å²) in [6.07, 6.45) is 2.35. The molecule has 3 heterocycles. The van der Waals surface area contributed by atoms with Crippen LogP contribution in [0.1, 0.15) is 30.1 Å². The second-order valence-corrected chi connectivity index (χ2v) is 7.23. The van der Waals surface area contributed by atoms with Crippen LogP contribution < -0.4 is 10.1 Å². The fraction of sp³-hybridized carbons (Fsp3) is 0.381. The molecule has 5 rings (SSSR count). The number of hydrogen-bond acceptors (Lipinski definition) is 4. The first kappa shape index (κ1) is 16.9. The first-order valence-electron chi connectivity index (χ1n) is 9.22. The molecule has 3 saturated heterocycles. The normalized spacial score (nSPS) is 27.1. The molecule has 5 nitrogen and oxygen atoms in total. The van der Waals surface area contributed by atoms with Gasteiger partial charge < -0.3 is 15.2 Å². The van der Waals surface area contributed by atoms with Crippen molar-refractivity contribution in [3.8, 4) is 17.2 Å². The van der Waals surface area contributed by atoms with Crippen LogP contribution in [-0.2, 0) is 0 Å². The Balaban J connectivity index is 1.40. The Labute approximate surface area is 153 Å². The van der Waals surface area contributed by atoms with E-state index in [1.807, 2.05) is 0 Å². The van der Waals surface area contributed by atoms with E-state index in [4.69, 9.17) is 4.74 Å². The monoisotopic (exact) mass is 352 g/mol. The highest BCUT2D eigenvalue weighted by Gasteiger charge is 2.40. The van der Waals surface area contributed by atoms with Crippen LogP contribution in [0.25, 0.3) is 0 Å². The van der Waals surface area contributed by atoms with Gasteiger partial charge in [-0.05, 0) is 87.3 Å². The zero-order valence-electron chi connectivity index (χ0n) is 14.9. The van der Waals surface area contributed by atoms with Gasteiger partial charge in [-0.1, -0.05) is 0 Å². The molecule has 3 aliphatic rings. The maximum Gasteiger partial charge on any atom is 0.251 e. The van der Waals surface area contributed by atoms with Crippen molar-refractivity contribution in [3.05, 3.63) is 54.1 Å². The number of phenols is 1. The summed E-state index contributed by atoms with van der Waals surface area (Å²) >= 11 is 0. The van der Waals surface area contributed by atoms with E-state index in [-0.39, 0.29) is 17.7 Å². The van der Waals surface area contributed by atoms with E-state index in [0.717, 1.165) is 13.1 Å². The number of piperidine rings is 3.